The van der Waals surface area contributed by atoms with Gasteiger partial charge in [-0.1, -0.05) is 30.3 Å². The lowest BCUT2D eigenvalue weighted by Gasteiger charge is -2.05. The molecule has 0 fully saturated rings. The standard InChI is InChI=1S/C17H16N4OS/c22-16(19-11-6-13-4-2-1-3-5-13)21-17-20-15(12-23-17)14-7-9-18-10-8-14/h1-5,7-10,12H,6,11H2,(H2,19,20,21,22). The number of nitrogens with zero attached hydrogens (tertiary/aromatic N) is 2. The fraction of sp³-hybridized carbons (Fsp3) is 0.118. The van der Waals surface area contributed by atoms with E-state index in [-0.39, 0.29) is 6.03 Å². The van der Waals surface area contributed by atoms with Crippen LogP contribution in [0.25, 0.3) is 11.3 Å². The summed E-state index contributed by atoms with van der Waals surface area (Å²) in [7, 11) is 0. The van der Waals surface area contributed by atoms with Crippen LogP contribution in [0.2, 0.25) is 0 Å². The van der Waals surface area contributed by atoms with Gasteiger partial charge in [0, 0.05) is 29.9 Å². The van der Waals surface area contributed by atoms with Crippen molar-refractivity contribution in [2.24, 2.45) is 0 Å². The highest BCUT2D eigenvalue weighted by Gasteiger charge is 2.07. The zero-order chi connectivity index (χ0) is 15.9. The third-order valence-corrected chi connectivity index (χ3v) is 4.00. The molecule has 0 bridgehead atoms. The number of nitrogens with one attached hydrogen (secondary N) is 2. The van der Waals surface area contributed by atoms with Crippen LogP contribution < -0.4 is 10.6 Å². The van der Waals surface area contributed by atoms with Crippen molar-refractivity contribution in [2.45, 2.75) is 6.42 Å². The summed E-state index contributed by atoms with van der Waals surface area (Å²) >= 11 is 1.40. The van der Waals surface area contributed by atoms with Crippen LogP contribution in [-0.2, 0) is 6.42 Å². The number of rotatable bonds is 5. The van der Waals surface area contributed by atoms with Crippen LogP contribution in [0.1, 0.15) is 5.56 Å². The second-order valence-corrected chi connectivity index (χ2v) is 5.75. The van der Waals surface area contributed by atoms with Gasteiger partial charge in [0.15, 0.2) is 5.13 Å². The molecule has 2 aromatic heterocycles. The molecule has 0 aliphatic rings. The number of hydrogen-bond acceptors (Lipinski definition) is 4. The molecule has 0 aliphatic carbocycles. The number of hydrogen-bond donors (Lipinski definition) is 2. The summed E-state index contributed by atoms with van der Waals surface area (Å²) < 4.78 is 0. The first-order valence-electron chi connectivity index (χ1n) is 7.26. The minimum atomic E-state index is -0.239. The van der Waals surface area contributed by atoms with Gasteiger partial charge < -0.3 is 5.32 Å². The van der Waals surface area contributed by atoms with Crippen molar-refractivity contribution >= 4 is 22.5 Å². The Bertz CT molecular complexity index is 759. The lowest BCUT2D eigenvalue weighted by Crippen LogP contribution is -2.30. The number of aromatic nitrogens is 2. The summed E-state index contributed by atoms with van der Waals surface area (Å²) in [4.78, 5) is 20.3. The number of carbonyl (C=O) groups excluding carboxylic acids is 1. The van der Waals surface area contributed by atoms with Gasteiger partial charge in [-0.15, -0.1) is 11.3 Å². The molecule has 0 saturated carbocycles. The van der Waals surface area contributed by atoms with Crippen LogP contribution in [0, 0.1) is 0 Å². The second kappa shape index (κ2) is 7.51. The molecule has 2 heterocycles. The van der Waals surface area contributed by atoms with Gasteiger partial charge in [-0.2, -0.15) is 0 Å². The number of benzene rings is 1. The largest absolute Gasteiger partial charge is 0.337 e. The van der Waals surface area contributed by atoms with Gasteiger partial charge in [0.25, 0.3) is 0 Å². The van der Waals surface area contributed by atoms with Gasteiger partial charge in [-0.05, 0) is 24.1 Å². The number of urea groups is 1. The maximum Gasteiger partial charge on any atom is 0.321 e. The van der Waals surface area contributed by atoms with Crippen molar-refractivity contribution in [1.82, 2.24) is 15.3 Å². The van der Waals surface area contributed by atoms with Crippen LogP contribution >= 0.6 is 11.3 Å². The molecule has 0 atom stereocenters. The number of thiazole rings is 1. The van der Waals surface area contributed by atoms with Gasteiger partial charge in [0.05, 0.1) is 5.69 Å². The first-order chi connectivity index (χ1) is 11.3. The van der Waals surface area contributed by atoms with Gasteiger partial charge in [0.2, 0.25) is 0 Å². The molecule has 23 heavy (non-hydrogen) atoms. The Morgan fingerprint density at radius 3 is 2.65 bits per heavy atom. The Kier molecular flexibility index (Phi) is 4.95. The monoisotopic (exact) mass is 324 g/mol. The number of anilines is 1. The smallest absolute Gasteiger partial charge is 0.321 e. The number of carbonyl (C=O) groups is 1. The highest BCUT2D eigenvalue weighted by Crippen LogP contribution is 2.24. The zero-order valence-corrected chi connectivity index (χ0v) is 13.2. The van der Waals surface area contributed by atoms with Gasteiger partial charge >= 0.3 is 6.03 Å². The molecule has 5 nitrogen and oxygen atoms in total. The molecule has 3 rings (SSSR count). The summed E-state index contributed by atoms with van der Waals surface area (Å²) in [5, 5.41) is 8.08. The Morgan fingerprint density at radius 1 is 1.09 bits per heavy atom. The first kappa shape index (κ1) is 15.2. The van der Waals surface area contributed by atoms with Gasteiger partial charge in [0.1, 0.15) is 0 Å². The Hall–Kier alpha value is -2.73. The minimum absolute atomic E-state index is 0.239. The molecule has 0 spiro atoms. The Labute approximate surface area is 138 Å². The van der Waals surface area contributed by atoms with E-state index in [1.807, 2.05) is 47.8 Å². The SMILES string of the molecule is O=C(NCCc1ccccc1)Nc1nc(-c2ccncc2)cs1. The molecule has 0 aliphatic heterocycles. The van der Waals surface area contributed by atoms with Crippen LogP contribution in [0.4, 0.5) is 9.93 Å². The summed E-state index contributed by atoms with van der Waals surface area (Å²) in [5.41, 5.74) is 3.01. The Morgan fingerprint density at radius 2 is 1.87 bits per heavy atom. The quantitative estimate of drug-likeness (QED) is 0.754. The average molecular weight is 324 g/mol. The predicted molar refractivity (Wildman–Crippen MR) is 92.5 cm³/mol. The molecule has 3 aromatic rings. The lowest BCUT2D eigenvalue weighted by molar-refractivity contribution is 0.252. The lowest BCUT2D eigenvalue weighted by atomic mass is 10.1. The van der Waals surface area contributed by atoms with Gasteiger partial charge in [-0.3, -0.25) is 10.3 Å². The molecule has 6 heteroatoms. The summed E-state index contributed by atoms with van der Waals surface area (Å²) in [5.74, 6) is 0. The van der Waals surface area contributed by atoms with Crippen LogP contribution in [0.15, 0.2) is 60.2 Å². The fourth-order valence-electron chi connectivity index (χ4n) is 2.09. The number of amides is 2. The summed E-state index contributed by atoms with van der Waals surface area (Å²) in [6, 6.07) is 13.6. The van der Waals surface area contributed by atoms with E-state index in [1.165, 1.54) is 16.9 Å². The number of pyridine rings is 1. The topological polar surface area (TPSA) is 66.9 Å². The maximum absolute atomic E-state index is 11.9. The van der Waals surface area contributed by atoms with Gasteiger partial charge in [-0.25, -0.2) is 9.78 Å². The van der Waals surface area contributed by atoms with Crippen molar-refractivity contribution < 1.29 is 4.79 Å². The molecule has 2 amide bonds. The van der Waals surface area contributed by atoms with Crippen LogP contribution in [0.5, 0.6) is 0 Å². The maximum atomic E-state index is 11.9. The highest BCUT2D eigenvalue weighted by molar-refractivity contribution is 7.14. The van der Waals surface area contributed by atoms with Crippen molar-refractivity contribution in [1.29, 1.82) is 0 Å². The highest BCUT2D eigenvalue weighted by atomic mass is 32.1. The first-order valence-corrected chi connectivity index (χ1v) is 8.14. The summed E-state index contributed by atoms with van der Waals surface area (Å²) in [6.45, 7) is 0.582. The molecular formula is C17H16N4OS. The van der Waals surface area contributed by atoms with Crippen molar-refractivity contribution in [3.63, 3.8) is 0 Å². The Balaban J connectivity index is 1.49. The third kappa shape index (κ3) is 4.37. The van der Waals surface area contributed by atoms with E-state index in [9.17, 15) is 4.79 Å². The molecular weight excluding hydrogens is 308 g/mol. The van der Waals surface area contributed by atoms with E-state index in [2.05, 4.69) is 20.6 Å². The van der Waals surface area contributed by atoms with E-state index >= 15 is 0 Å². The molecule has 1 aromatic carbocycles. The third-order valence-electron chi connectivity index (χ3n) is 3.24. The van der Waals surface area contributed by atoms with Crippen molar-refractivity contribution in [3.8, 4) is 11.3 Å². The predicted octanol–water partition coefficient (Wildman–Crippen LogP) is 3.57. The van der Waals surface area contributed by atoms with E-state index in [4.69, 9.17) is 0 Å². The van der Waals surface area contributed by atoms with Crippen molar-refractivity contribution in [2.75, 3.05) is 11.9 Å². The van der Waals surface area contributed by atoms with Crippen molar-refractivity contribution in [3.05, 3.63) is 65.8 Å². The average Bonchev–Trinajstić information content (AvgIpc) is 3.05. The second-order valence-electron chi connectivity index (χ2n) is 4.89. The van der Waals surface area contributed by atoms with Crippen LogP contribution in [-0.4, -0.2) is 22.5 Å². The molecule has 0 unspecified atom stereocenters. The molecule has 0 radical (unpaired) electrons. The summed E-state index contributed by atoms with van der Waals surface area (Å²) in [6.07, 6.45) is 4.24. The fourth-order valence-corrected chi connectivity index (χ4v) is 2.81. The normalized spacial score (nSPS) is 10.3. The minimum Gasteiger partial charge on any atom is -0.337 e. The van der Waals surface area contributed by atoms with E-state index in [1.54, 1.807) is 12.4 Å². The van der Waals surface area contributed by atoms with E-state index in [0.717, 1.165) is 17.7 Å². The van der Waals surface area contributed by atoms with E-state index < -0.39 is 0 Å². The molecule has 116 valence electrons. The molecule has 2 N–H and O–H groups in total. The molecule has 0 saturated heterocycles. The zero-order valence-electron chi connectivity index (χ0n) is 12.4. The van der Waals surface area contributed by atoms with E-state index in [0.29, 0.717) is 11.7 Å². The van der Waals surface area contributed by atoms with Crippen LogP contribution in [0.3, 0.4) is 0 Å².